The molecule has 0 amide bonds. The van der Waals surface area contributed by atoms with Crippen LogP contribution in [0.25, 0.3) is 0 Å². The van der Waals surface area contributed by atoms with E-state index in [4.69, 9.17) is 32.6 Å². The predicted octanol–water partition coefficient (Wildman–Crippen LogP) is -0.0324. The molecule has 3 aliphatic heterocycles. The average molecular weight is 1020 g/mol. The fraction of sp³-hybridized carbons (Fsp3) is 0.938. The third-order valence-corrected chi connectivity index (χ3v) is 20.1. The number of allylic oxidation sites excluding steroid dienone is 2. The molecule has 5 aliphatic carbocycles. The van der Waals surface area contributed by atoms with Crippen LogP contribution < -0.4 is 0 Å². The van der Waals surface area contributed by atoms with E-state index in [2.05, 4.69) is 40.7 Å². The predicted molar refractivity (Wildman–Crippen MR) is 241 cm³/mol. The summed E-state index contributed by atoms with van der Waals surface area (Å²) in [5.74, 6) is -0.854. The highest BCUT2D eigenvalue weighted by molar-refractivity contribution is 7.80. The van der Waals surface area contributed by atoms with Crippen molar-refractivity contribution in [2.45, 2.75) is 211 Å². The molecule has 24 atom stereocenters. The van der Waals surface area contributed by atoms with Crippen molar-refractivity contribution < 1.29 is 101 Å². The minimum Gasteiger partial charge on any atom is -0.432 e. The molecule has 24 unspecified atom stereocenters. The molecule has 0 radical (unpaired) electrons. The highest BCUT2D eigenvalue weighted by atomic mass is 32.3. The molecule has 4 saturated carbocycles. The van der Waals surface area contributed by atoms with Gasteiger partial charge in [-0.15, -0.1) is 0 Å². The zero-order chi connectivity index (χ0) is 51.5. The summed E-state index contributed by atoms with van der Waals surface area (Å²) in [5, 5.41) is 107. The molecule has 11 N–H and O–H groups in total. The van der Waals surface area contributed by atoms with Gasteiger partial charge in [-0.25, -0.2) is 4.18 Å². The van der Waals surface area contributed by atoms with Gasteiger partial charge < -0.3 is 79.5 Å². The number of aliphatic hydroxyl groups is 10. The van der Waals surface area contributed by atoms with E-state index in [0.29, 0.717) is 57.8 Å². The fourth-order valence-corrected chi connectivity index (χ4v) is 15.7. The maximum absolute atomic E-state index is 15.0. The van der Waals surface area contributed by atoms with E-state index in [9.17, 15) is 64.0 Å². The van der Waals surface area contributed by atoms with E-state index in [1.807, 2.05) is 6.92 Å². The van der Waals surface area contributed by atoms with Gasteiger partial charge in [0.25, 0.3) is 0 Å². The van der Waals surface area contributed by atoms with E-state index in [1.54, 1.807) is 0 Å². The van der Waals surface area contributed by atoms with E-state index in [-0.39, 0.29) is 46.0 Å². The molecule has 0 spiro atoms. The molecule has 70 heavy (non-hydrogen) atoms. The second-order valence-electron chi connectivity index (χ2n) is 23.8. The van der Waals surface area contributed by atoms with Crippen LogP contribution in [0.4, 0.5) is 0 Å². The van der Waals surface area contributed by atoms with Crippen molar-refractivity contribution in [1.29, 1.82) is 0 Å². The molecule has 8 aliphatic rings. The first-order chi connectivity index (χ1) is 32.5. The summed E-state index contributed by atoms with van der Waals surface area (Å²) in [7, 11) is -4.76. The van der Waals surface area contributed by atoms with Gasteiger partial charge in [0.1, 0.15) is 67.1 Å². The number of hydrogen-bond donors (Lipinski definition) is 11. The van der Waals surface area contributed by atoms with Crippen LogP contribution in [-0.2, 0) is 47.8 Å². The van der Waals surface area contributed by atoms with E-state index in [0.717, 1.165) is 6.42 Å². The Morgan fingerprint density at radius 2 is 1.34 bits per heavy atom. The molecule has 0 bridgehead atoms. The summed E-state index contributed by atoms with van der Waals surface area (Å²) in [6.45, 7) is 12.8. The number of ether oxygens (including phenoxy) is 6. The number of esters is 1. The van der Waals surface area contributed by atoms with Gasteiger partial charge in [-0.05, 0) is 111 Å². The Morgan fingerprint density at radius 3 is 2.00 bits per heavy atom. The molecule has 0 aromatic rings. The standard InChI is InChI=1S/C48H78O21S/c1-22-30(51)32(53)35(56)40(64-22)67-38-25(19-49)65-39(37(58)34(38)55)63-20-26-31(52)33(54)36(57)41(66-26)68-42(59)48-16-14-43(2,3)18-24(48)23-8-9-28-44(4)12-11-29(69-70(60,61)62)45(5,21-50)27(44)10-13-47(28,7)46(23,6)15-17-48/h8,22,24-41,49-58H,9-21H2,1-7H3,(H,60,61,62). The lowest BCUT2D eigenvalue weighted by Gasteiger charge is -2.71. The maximum Gasteiger partial charge on any atom is 0.397 e. The highest BCUT2D eigenvalue weighted by Gasteiger charge is 2.70. The van der Waals surface area contributed by atoms with Gasteiger partial charge in [0.05, 0.1) is 37.4 Å². The first kappa shape index (κ1) is 54.7. The quantitative estimate of drug-likeness (QED) is 0.0735. The molecule has 3 saturated heterocycles. The first-order valence-electron chi connectivity index (χ1n) is 25.0. The third kappa shape index (κ3) is 8.95. The Bertz CT molecular complexity index is 2060. The second kappa shape index (κ2) is 19.2. The van der Waals surface area contributed by atoms with Crippen molar-refractivity contribution in [2.24, 2.45) is 50.2 Å². The number of hydrogen-bond acceptors (Lipinski definition) is 20. The summed E-state index contributed by atoms with van der Waals surface area (Å²) < 4.78 is 73.5. The van der Waals surface area contributed by atoms with Gasteiger partial charge in [0.2, 0.25) is 6.29 Å². The molecule has 21 nitrogen and oxygen atoms in total. The lowest BCUT2D eigenvalue weighted by molar-refractivity contribution is -0.361. The van der Waals surface area contributed by atoms with Gasteiger partial charge >= 0.3 is 16.4 Å². The zero-order valence-electron chi connectivity index (χ0n) is 41.1. The zero-order valence-corrected chi connectivity index (χ0v) is 42.0. The summed E-state index contributed by atoms with van der Waals surface area (Å²) >= 11 is 0. The van der Waals surface area contributed by atoms with Crippen LogP contribution in [0.2, 0.25) is 0 Å². The van der Waals surface area contributed by atoms with Crippen molar-refractivity contribution in [3.05, 3.63) is 11.6 Å². The minimum atomic E-state index is -4.76. The topological polar surface area (TPSA) is 338 Å². The van der Waals surface area contributed by atoms with Crippen molar-refractivity contribution >= 4 is 16.4 Å². The smallest absolute Gasteiger partial charge is 0.397 e. The van der Waals surface area contributed by atoms with E-state index in [1.165, 1.54) is 12.5 Å². The Labute approximate surface area is 409 Å². The lowest BCUT2D eigenvalue weighted by Crippen LogP contribution is -2.66. The van der Waals surface area contributed by atoms with Crippen LogP contribution in [0.1, 0.15) is 113 Å². The Hall–Kier alpha value is -1.52. The number of aliphatic hydroxyl groups excluding tert-OH is 10. The molecule has 0 aromatic carbocycles. The van der Waals surface area contributed by atoms with Crippen LogP contribution >= 0.6 is 0 Å². The summed E-state index contributed by atoms with van der Waals surface area (Å²) in [6.07, 6.45) is -17.1. The van der Waals surface area contributed by atoms with E-state index < -0.39 is 139 Å². The van der Waals surface area contributed by atoms with Gasteiger partial charge in [0, 0.05) is 5.41 Å². The average Bonchev–Trinajstić information content (AvgIpc) is 3.29. The van der Waals surface area contributed by atoms with Crippen molar-refractivity contribution in [3.8, 4) is 0 Å². The number of carbonyl (C=O) groups is 1. The Balaban J connectivity index is 0.982. The third-order valence-electron chi connectivity index (χ3n) is 19.6. The summed E-state index contributed by atoms with van der Waals surface area (Å²) in [6, 6.07) is 0. The van der Waals surface area contributed by atoms with Crippen LogP contribution in [0, 0.1) is 50.2 Å². The second-order valence-corrected chi connectivity index (χ2v) is 24.9. The first-order valence-corrected chi connectivity index (χ1v) is 26.4. The fourth-order valence-electron chi connectivity index (χ4n) is 15.1. The monoisotopic (exact) mass is 1020 g/mol. The highest BCUT2D eigenvalue weighted by Crippen LogP contribution is 2.76. The SMILES string of the molecule is CC1OC(OC2C(CO)OC(OCC3OC(OC(=O)C45CCC(C)(C)CC4C4=CCC6C7(C)CCC(OS(=O)(=O)O)C(C)(CO)C7CCC6(C)C4(C)CC5)C(O)C(O)C3O)C(O)C2O)C(O)C(O)C1O. The van der Waals surface area contributed by atoms with Gasteiger partial charge in [0.15, 0.2) is 12.6 Å². The van der Waals surface area contributed by atoms with Crippen molar-refractivity contribution in [1.82, 2.24) is 0 Å². The summed E-state index contributed by atoms with van der Waals surface area (Å²) in [5.41, 5.74) is -1.90. The Kier molecular flexibility index (Phi) is 15.0. The number of fused-ring (bicyclic) bond motifs is 7. The molecule has 22 heteroatoms. The normalized spacial score (nSPS) is 52.5. The maximum atomic E-state index is 15.0. The number of rotatable bonds is 11. The lowest BCUT2D eigenvalue weighted by atomic mass is 9.33. The minimum absolute atomic E-state index is 0.107. The Morgan fingerprint density at radius 1 is 0.714 bits per heavy atom. The van der Waals surface area contributed by atoms with Gasteiger partial charge in [-0.1, -0.05) is 53.2 Å². The van der Waals surface area contributed by atoms with Crippen LogP contribution in [0.15, 0.2) is 11.6 Å². The molecule has 7 fully saturated rings. The van der Waals surface area contributed by atoms with Crippen LogP contribution in [0.3, 0.4) is 0 Å². The van der Waals surface area contributed by atoms with Crippen LogP contribution in [0.5, 0.6) is 0 Å². The van der Waals surface area contributed by atoms with Crippen molar-refractivity contribution in [3.63, 3.8) is 0 Å². The molecular weight excluding hydrogens is 945 g/mol. The molecule has 402 valence electrons. The molecule has 0 aromatic heterocycles. The summed E-state index contributed by atoms with van der Waals surface area (Å²) in [4.78, 5) is 15.0. The molecule has 3 heterocycles. The van der Waals surface area contributed by atoms with E-state index >= 15 is 4.79 Å². The molecular formula is C48H78O21S. The number of carbonyl (C=O) groups excluding carboxylic acids is 1. The molecule has 8 rings (SSSR count). The van der Waals surface area contributed by atoms with Crippen molar-refractivity contribution in [2.75, 3.05) is 19.8 Å². The van der Waals surface area contributed by atoms with Crippen LogP contribution in [-0.4, -0.2) is 188 Å². The van der Waals surface area contributed by atoms with Gasteiger partial charge in [-0.3, -0.25) is 9.35 Å². The van der Waals surface area contributed by atoms with Gasteiger partial charge in [-0.2, -0.15) is 8.42 Å². The largest absolute Gasteiger partial charge is 0.432 e.